The van der Waals surface area contributed by atoms with Gasteiger partial charge >= 0.3 is 23.9 Å². The largest absolute Gasteiger partial charge is 0.479 e. The number of carbonyl (C=O) groups is 4. The number of hydrogen-bond donors (Lipinski definition) is 3. The molecule has 1 aliphatic heterocycles. The molecule has 1 aliphatic rings. The number of aliphatic hydroxyl groups excluding tert-OH is 2. The second kappa shape index (κ2) is 55.9. The Kier molecular flexibility index (Phi) is 51.3. The molecule has 0 spiro atoms. The highest BCUT2D eigenvalue weighted by Crippen LogP contribution is 2.26. The third kappa shape index (κ3) is 45.6. The van der Waals surface area contributed by atoms with Gasteiger partial charge in [-0.25, -0.2) is 4.79 Å². The van der Waals surface area contributed by atoms with E-state index in [1.54, 1.807) is 0 Å². The zero-order valence-electron chi connectivity index (χ0n) is 50.7. The fraction of sp³-hybridized carbons (Fsp3) is 0.681. The lowest BCUT2D eigenvalue weighted by atomic mass is 9.98. The van der Waals surface area contributed by atoms with Crippen LogP contribution in [-0.2, 0) is 42.9 Å². The second-order valence-electron chi connectivity index (χ2n) is 21.3. The summed E-state index contributed by atoms with van der Waals surface area (Å²) < 4.78 is 28.4. The third-order valence-corrected chi connectivity index (χ3v) is 13.8. The molecule has 1 fully saturated rings. The minimum absolute atomic E-state index is 0.0462. The molecule has 12 nitrogen and oxygen atoms in total. The Morgan fingerprint density at radius 2 is 0.778 bits per heavy atom. The molecule has 6 unspecified atom stereocenters. The molecule has 0 saturated carbocycles. The van der Waals surface area contributed by atoms with E-state index in [0.29, 0.717) is 19.3 Å². The Labute approximate surface area is 491 Å². The monoisotopic (exact) mass is 1130 g/mol. The quantitative estimate of drug-likeness (QED) is 0.0228. The second-order valence-corrected chi connectivity index (χ2v) is 21.3. The molecular formula is C69H112O12. The lowest BCUT2D eigenvalue weighted by Gasteiger charge is -2.40. The third-order valence-electron chi connectivity index (χ3n) is 13.8. The Hall–Kier alpha value is -4.62. The molecule has 0 aromatic carbocycles. The number of ether oxygens (including phenoxy) is 5. The lowest BCUT2D eigenvalue weighted by molar-refractivity contribution is -0.301. The lowest BCUT2D eigenvalue weighted by Crippen LogP contribution is -2.61. The van der Waals surface area contributed by atoms with Crippen molar-refractivity contribution in [1.82, 2.24) is 0 Å². The van der Waals surface area contributed by atoms with Crippen molar-refractivity contribution in [3.63, 3.8) is 0 Å². The van der Waals surface area contributed by atoms with Crippen molar-refractivity contribution in [2.75, 3.05) is 13.2 Å². The number of unbranched alkanes of at least 4 members (excludes halogenated alkanes) is 21. The molecule has 460 valence electrons. The van der Waals surface area contributed by atoms with Gasteiger partial charge in [0.15, 0.2) is 24.6 Å². The van der Waals surface area contributed by atoms with Crippen LogP contribution in [0.1, 0.15) is 252 Å². The summed E-state index contributed by atoms with van der Waals surface area (Å²) >= 11 is 0. The smallest absolute Gasteiger partial charge is 0.335 e. The number of allylic oxidation sites excluding steroid dienone is 18. The summed E-state index contributed by atoms with van der Waals surface area (Å²) in [6.07, 6.45) is 63.4. The molecule has 3 N–H and O–H groups in total. The number of hydrogen-bond acceptors (Lipinski definition) is 11. The summed E-state index contributed by atoms with van der Waals surface area (Å²) in [5.41, 5.74) is 0. The van der Waals surface area contributed by atoms with E-state index in [-0.39, 0.29) is 25.9 Å². The fourth-order valence-corrected chi connectivity index (χ4v) is 8.99. The predicted octanol–water partition coefficient (Wildman–Crippen LogP) is 17.0. The minimum atomic E-state index is -1.92. The van der Waals surface area contributed by atoms with Gasteiger partial charge in [0.25, 0.3) is 0 Å². The van der Waals surface area contributed by atoms with Crippen molar-refractivity contribution < 1.29 is 58.2 Å². The molecule has 1 saturated heterocycles. The Morgan fingerprint density at radius 3 is 1.22 bits per heavy atom. The number of carboxylic acid groups (broad SMARTS) is 1. The molecule has 12 heteroatoms. The average molecular weight is 1130 g/mol. The van der Waals surface area contributed by atoms with Gasteiger partial charge in [0.1, 0.15) is 18.8 Å². The summed E-state index contributed by atoms with van der Waals surface area (Å²) in [6.45, 7) is 5.72. The van der Waals surface area contributed by atoms with Crippen LogP contribution in [-0.4, -0.2) is 89.2 Å². The predicted molar refractivity (Wildman–Crippen MR) is 330 cm³/mol. The van der Waals surface area contributed by atoms with Crippen molar-refractivity contribution >= 4 is 23.9 Å². The van der Waals surface area contributed by atoms with Gasteiger partial charge in [0.05, 0.1) is 6.61 Å². The van der Waals surface area contributed by atoms with Crippen LogP contribution in [0.2, 0.25) is 0 Å². The van der Waals surface area contributed by atoms with Crippen molar-refractivity contribution in [2.45, 2.75) is 289 Å². The standard InChI is InChI=1S/C69H112O12/c1-4-7-10-13-16-19-22-25-28-30-31-33-36-39-42-45-48-51-54-57-63(72)80-67-65(74)64(73)66(68(75)76)81-69(67)78-59-60(79-62(71)56-53-50-47-44-41-38-34-27-24-21-18-15-12-9-6-3)58-77-61(70)55-52-49-46-43-40-37-35-32-29-26-23-20-17-14-11-8-5-2/h8-9,11-12,17-18,20-21,25-29,34-35,37,41,44,60,64-67,69,73-74H,4-7,10,13-16,19,22-24,30-33,36,38-40,42-43,45-59H2,1-3H3,(H,75,76)/b11-8-,12-9-,20-17-,21-18-,28-25-,29-26-,34-27-,37-35-,44-41-. The van der Waals surface area contributed by atoms with Gasteiger partial charge in [-0.1, -0.05) is 220 Å². The zero-order chi connectivity index (χ0) is 58.9. The van der Waals surface area contributed by atoms with Crippen molar-refractivity contribution in [1.29, 1.82) is 0 Å². The Bertz CT molecular complexity index is 1820. The van der Waals surface area contributed by atoms with Crippen molar-refractivity contribution in [3.05, 3.63) is 109 Å². The van der Waals surface area contributed by atoms with Gasteiger partial charge in [-0.05, 0) is 122 Å². The first-order valence-corrected chi connectivity index (χ1v) is 31.9. The van der Waals surface area contributed by atoms with E-state index in [0.717, 1.165) is 122 Å². The van der Waals surface area contributed by atoms with Gasteiger partial charge in [-0.2, -0.15) is 0 Å². The number of aliphatic hydroxyl groups is 2. The molecule has 1 rings (SSSR count). The van der Waals surface area contributed by atoms with Crippen LogP contribution < -0.4 is 0 Å². The highest BCUT2D eigenvalue weighted by Gasteiger charge is 2.50. The summed E-state index contributed by atoms with van der Waals surface area (Å²) in [6, 6.07) is 0. The summed E-state index contributed by atoms with van der Waals surface area (Å²) in [7, 11) is 0. The fourth-order valence-electron chi connectivity index (χ4n) is 8.99. The number of aliphatic carboxylic acids is 1. The molecule has 6 atom stereocenters. The molecular weight excluding hydrogens is 1020 g/mol. The topological polar surface area (TPSA) is 175 Å². The Morgan fingerprint density at radius 1 is 0.420 bits per heavy atom. The van der Waals surface area contributed by atoms with Crippen LogP contribution >= 0.6 is 0 Å². The van der Waals surface area contributed by atoms with Crippen molar-refractivity contribution in [2.24, 2.45) is 0 Å². The molecule has 0 aromatic rings. The summed E-state index contributed by atoms with van der Waals surface area (Å²) in [5, 5.41) is 31.6. The SMILES string of the molecule is CC/C=C\C/C=C\C/C=C\C/C=C\CCCCCCC(=O)OCC(COC1OC(C(=O)O)C(O)C(O)C1OC(=O)CCCCCCCCCCC/C=C\CCCCCCCC)OC(=O)CCCC/C=C\C/C=C\C/C=C\C/C=C\CC. The van der Waals surface area contributed by atoms with Crippen LogP contribution in [0.5, 0.6) is 0 Å². The first-order valence-electron chi connectivity index (χ1n) is 31.9. The summed E-state index contributed by atoms with van der Waals surface area (Å²) in [5.74, 6) is -3.22. The van der Waals surface area contributed by atoms with E-state index in [1.807, 2.05) is 0 Å². The normalized spacial score (nSPS) is 18.5. The van der Waals surface area contributed by atoms with Gasteiger partial charge in [0.2, 0.25) is 0 Å². The van der Waals surface area contributed by atoms with E-state index in [2.05, 4.69) is 130 Å². The maximum absolute atomic E-state index is 13.2. The highest BCUT2D eigenvalue weighted by molar-refractivity contribution is 5.74. The van der Waals surface area contributed by atoms with Crippen LogP contribution in [0.25, 0.3) is 0 Å². The maximum atomic E-state index is 13.2. The number of carbonyl (C=O) groups excluding carboxylic acids is 3. The van der Waals surface area contributed by atoms with E-state index in [1.165, 1.54) is 70.6 Å². The van der Waals surface area contributed by atoms with Crippen LogP contribution in [0.15, 0.2) is 109 Å². The highest BCUT2D eigenvalue weighted by atomic mass is 16.7. The van der Waals surface area contributed by atoms with E-state index >= 15 is 0 Å². The van der Waals surface area contributed by atoms with E-state index in [9.17, 15) is 34.5 Å². The number of carboxylic acids is 1. The van der Waals surface area contributed by atoms with Gasteiger partial charge < -0.3 is 39.0 Å². The van der Waals surface area contributed by atoms with Crippen LogP contribution in [0, 0.1) is 0 Å². The first kappa shape index (κ1) is 74.4. The van der Waals surface area contributed by atoms with E-state index < -0.39 is 67.3 Å². The van der Waals surface area contributed by atoms with Gasteiger partial charge in [-0.3, -0.25) is 14.4 Å². The molecule has 0 bridgehead atoms. The van der Waals surface area contributed by atoms with Gasteiger partial charge in [0, 0.05) is 19.3 Å². The molecule has 81 heavy (non-hydrogen) atoms. The Balaban J connectivity index is 2.70. The molecule has 1 heterocycles. The molecule has 0 aliphatic carbocycles. The van der Waals surface area contributed by atoms with Crippen LogP contribution in [0.4, 0.5) is 0 Å². The zero-order valence-corrected chi connectivity index (χ0v) is 50.7. The first-order chi connectivity index (χ1) is 39.6. The van der Waals surface area contributed by atoms with Gasteiger partial charge in [-0.15, -0.1) is 0 Å². The molecule has 0 aromatic heterocycles. The van der Waals surface area contributed by atoms with Crippen LogP contribution in [0.3, 0.4) is 0 Å². The number of rotatable bonds is 53. The summed E-state index contributed by atoms with van der Waals surface area (Å²) in [4.78, 5) is 51.3. The average Bonchev–Trinajstić information content (AvgIpc) is 3.53. The van der Waals surface area contributed by atoms with Crippen molar-refractivity contribution in [3.8, 4) is 0 Å². The molecule has 0 amide bonds. The molecule has 0 radical (unpaired) electrons. The minimum Gasteiger partial charge on any atom is -0.479 e. The van der Waals surface area contributed by atoms with E-state index in [4.69, 9.17) is 23.7 Å². The number of esters is 3. The maximum Gasteiger partial charge on any atom is 0.335 e.